The lowest BCUT2D eigenvalue weighted by Gasteiger charge is -2.26. The molecule has 1 aliphatic heterocycles. The summed E-state index contributed by atoms with van der Waals surface area (Å²) in [6, 6.07) is 5.87. The fraction of sp³-hybridized carbons (Fsp3) is 0.632. The third-order valence-corrected chi connectivity index (χ3v) is 6.40. The molecule has 1 unspecified atom stereocenters. The van der Waals surface area contributed by atoms with Crippen molar-refractivity contribution in [1.82, 2.24) is 4.90 Å². The van der Waals surface area contributed by atoms with E-state index < -0.39 is 0 Å². The molecule has 2 fully saturated rings. The van der Waals surface area contributed by atoms with Gasteiger partial charge in [0.2, 0.25) is 5.91 Å². The highest BCUT2D eigenvalue weighted by Crippen LogP contribution is 2.43. The Morgan fingerprint density at radius 2 is 2.04 bits per heavy atom. The number of nitrogens with zero attached hydrogens (tertiary/aromatic N) is 1. The second kappa shape index (κ2) is 8.15. The monoisotopic (exact) mass is 349 g/mol. The Labute approximate surface area is 148 Å². The highest BCUT2D eigenvalue weighted by atomic mass is 32.2. The van der Waals surface area contributed by atoms with Gasteiger partial charge in [0, 0.05) is 30.3 Å². The van der Waals surface area contributed by atoms with Gasteiger partial charge in [0.1, 0.15) is 16.9 Å². The van der Waals surface area contributed by atoms with E-state index in [-0.39, 0.29) is 11.3 Å². The maximum Gasteiger partial charge on any atom is 0.223 e. The third kappa shape index (κ3) is 3.82. The average molecular weight is 349 g/mol. The SMILES string of the molecule is COc1ccc(C2SCCN2C(=O)CCC2CCCC2)c(OC)c1. The van der Waals surface area contributed by atoms with Crippen molar-refractivity contribution >= 4 is 17.7 Å². The second-order valence-electron chi connectivity index (χ2n) is 6.61. The maximum atomic E-state index is 12.8. The van der Waals surface area contributed by atoms with Crippen molar-refractivity contribution in [2.75, 3.05) is 26.5 Å². The Balaban J connectivity index is 1.69. The van der Waals surface area contributed by atoms with Crippen molar-refractivity contribution in [2.24, 2.45) is 5.92 Å². The molecule has 1 aliphatic carbocycles. The first kappa shape index (κ1) is 17.5. The first-order chi connectivity index (χ1) is 11.7. The zero-order valence-electron chi connectivity index (χ0n) is 14.6. The molecule has 24 heavy (non-hydrogen) atoms. The van der Waals surface area contributed by atoms with E-state index in [9.17, 15) is 4.79 Å². The molecule has 1 saturated heterocycles. The largest absolute Gasteiger partial charge is 0.497 e. The number of carbonyl (C=O) groups excluding carboxylic acids is 1. The van der Waals surface area contributed by atoms with Crippen LogP contribution in [0.15, 0.2) is 18.2 Å². The van der Waals surface area contributed by atoms with Crippen LogP contribution in [0.25, 0.3) is 0 Å². The summed E-state index contributed by atoms with van der Waals surface area (Å²) in [6.45, 7) is 0.827. The summed E-state index contributed by atoms with van der Waals surface area (Å²) in [7, 11) is 3.32. The minimum absolute atomic E-state index is 0.0573. The molecule has 1 heterocycles. The van der Waals surface area contributed by atoms with Gasteiger partial charge in [0.05, 0.1) is 14.2 Å². The highest BCUT2D eigenvalue weighted by Gasteiger charge is 2.32. The van der Waals surface area contributed by atoms with Gasteiger partial charge in [-0.3, -0.25) is 4.79 Å². The van der Waals surface area contributed by atoms with Crippen LogP contribution in [0, 0.1) is 5.92 Å². The van der Waals surface area contributed by atoms with E-state index in [0.717, 1.165) is 41.7 Å². The first-order valence-corrected chi connectivity index (χ1v) is 9.91. The molecule has 3 rings (SSSR count). The molecule has 0 radical (unpaired) electrons. The summed E-state index contributed by atoms with van der Waals surface area (Å²) in [5.41, 5.74) is 1.06. The molecule has 0 spiro atoms. The summed E-state index contributed by atoms with van der Waals surface area (Å²) in [5.74, 6) is 3.60. The molecule has 0 aromatic heterocycles. The van der Waals surface area contributed by atoms with Crippen LogP contribution in [-0.4, -0.2) is 37.3 Å². The molecule has 1 aromatic carbocycles. The zero-order valence-corrected chi connectivity index (χ0v) is 15.4. The molecule has 5 heteroatoms. The molecular formula is C19H27NO3S. The molecule has 1 saturated carbocycles. The van der Waals surface area contributed by atoms with Crippen molar-refractivity contribution in [2.45, 2.75) is 43.9 Å². The number of hydrogen-bond acceptors (Lipinski definition) is 4. The van der Waals surface area contributed by atoms with Crippen molar-refractivity contribution < 1.29 is 14.3 Å². The molecule has 0 N–H and O–H groups in total. The van der Waals surface area contributed by atoms with Crippen LogP contribution < -0.4 is 9.47 Å². The first-order valence-electron chi connectivity index (χ1n) is 8.86. The predicted octanol–water partition coefficient (Wildman–Crippen LogP) is 4.25. The predicted molar refractivity (Wildman–Crippen MR) is 97.7 cm³/mol. The van der Waals surface area contributed by atoms with Gasteiger partial charge < -0.3 is 14.4 Å². The number of benzene rings is 1. The smallest absolute Gasteiger partial charge is 0.223 e. The highest BCUT2D eigenvalue weighted by molar-refractivity contribution is 7.99. The normalized spacial score (nSPS) is 21.2. The van der Waals surface area contributed by atoms with E-state index in [2.05, 4.69) is 0 Å². The second-order valence-corrected chi connectivity index (χ2v) is 7.80. The van der Waals surface area contributed by atoms with Crippen LogP contribution in [0.4, 0.5) is 0 Å². The number of hydrogen-bond donors (Lipinski definition) is 0. The van der Waals surface area contributed by atoms with E-state index >= 15 is 0 Å². The number of methoxy groups -OCH3 is 2. The summed E-state index contributed by atoms with van der Waals surface area (Å²) in [6.07, 6.45) is 7.01. The third-order valence-electron chi connectivity index (χ3n) is 5.16. The van der Waals surface area contributed by atoms with E-state index in [0.29, 0.717) is 6.42 Å². The van der Waals surface area contributed by atoms with Crippen LogP contribution >= 0.6 is 11.8 Å². The Kier molecular flexibility index (Phi) is 5.93. The minimum Gasteiger partial charge on any atom is -0.497 e. The number of thioether (sulfide) groups is 1. The van der Waals surface area contributed by atoms with Gasteiger partial charge >= 0.3 is 0 Å². The van der Waals surface area contributed by atoms with Gasteiger partial charge in [0.15, 0.2) is 0 Å². The van der Waals surface area contributed by atoms with Gasteiger partial charge in [-0.1, -0.05) is 25.7 Å². The number of carbonyl (C=O) groups is 1. The molecule has 1 aromatic rings. The fourth-order valence-electron chi connectivity index (χ4n) is 3.78. The Morgan fingerprint density at radius 1 is 1.25 bits per heavy atom. The molecule has 1 atom stereocenters. The average Bonchev–Trinajstić information content (AvgIpc) is 3.30. The van der Waals surface area contributed by atoms with Crippen LogP contribution in [0.5, 0.6) is 11.5 Å². The van der Waals surface area contributed by atoms with E-state index in [1.807, 2.05) is 34.9 Å². The van der Waals surface area contributed by atoms with Gasteiger partial charge in [-0.2, -0.15) is 0 Å². The molecule has 1 amide bonds. The lowest BCUT2D eigenvalue weighted by molar-refractivity contribution is -0.131. The Hall–Kier alpha value is -1.36. The summed E-state index contributed by atoms with van der Waals surface area (Å²) in [4.78, 5) is 14.8. The van der Waals surface area contributed by atoms with Gasteiger partial charge in [-0.15, -0.1) is 11.8 Å². The van der Waals surface area contributed by atoms with Crippen molar-refractivity contribution in [3.8, 4) is 11.5 Å². The minimum atomic E-state index is 0.0573. The quantitative estimate of drug-likeness (QED) is 0.770. The molecule has 4 nitrogen and oxygen atoms in total. The van der Waals surface area contributed by atoms with E-state index in [1.165, 1.54) is 25.7 Å². The van der Waals surface area contributed by atoms with Gasteiger partial charge in [-0.05, 0) is 24.5 Å². The summed E-state index contributed by atoms with van der Waals surface area (Å²) >= 11 is 1.82. The standard InChI is InChI=1S/C19H27NO3S/c1-22-15-8-9-16(17(13-15)23-2)19-20(11-12-24-19)18(21)10-7-14-5-3-4-6-14/h8-9,13-14,19H,3-7,10-12H2,1-2H3. The van der Waals surface area contributed by atoms with Crippen molar-refractivity contribution in [3.63, 3.8) is 0 Å². The number of amides is 1. The lowest BCUT2D eigenvalue weighted by atomic mass is 10.0. The fourth-order valence-corrected chi connectivity index (χ4v) is 5.08. The molecule has 2 aliphatic rings. The van der Waals surface area contributed by atoms with Gasteiger partial charge in [-0.25, -0.2) is 0 Å². The molecular weight excluding hydrogens is 322 g/mol. The van der Waals surface area contributed by atoms with Crippen LogP contribution in [0.1, 0.15) is 49.5 Å². The van der Waals surface area contributed by atoms with Crippen LogP contribution in [0.2, 0.25) is 0 Å². The number of ether oxygens (including phenoxy) is 2. The summed E-state index contributed by atoms with van der Waals surface area (Å²) in [5, 5.41) is 0.0573. The zero-order chi connectivity index (χ0) is 16.9. The van der Waals surface area contributed by atoms with E-state index in [4.69, 9.17) is 9.47 Å². The topological polar surface area (TPSA) is 38.8 Å². The Morgan fingerprint density at radius 3 is 2.75 bits per heavy atom. The van der Waals surface area contributed by atoms with E-state index in [1.54, 1.807) is 14.2 Å². The summed E-state index contributed by atoms with van der Waals surface area (Å²) < 4.78 is 10.8. The van der Waals surface area contributed by atoms with Crippen molar-refractivity contribution in [1.29, 1.82) is 0 Å². The Bertz CT molecular complexity index is 572. The lowest BCUT2D eigenvalue weighted by Crippen LogP contribution is -2.30. The maximum absolute atomic E-state index is 12.8. The van der Waals surface area contributed by atoms with Gasteiger partial charge in [0.25, 0.3) is 0 Å². The molecule has 132 valence electrons. The molecule has 0 bridgehead atoms. The van der Waals surface area contributed by atoms with Crippen LogP contribution in [-0.2, 0) is 4.79 Å². The number of rotatable bonds is 6. The van der Waals surface area contributed by atoms with Crippen molar-refractivity contribution in [3.05, 3.63) is 23.8 Å². The van der Waals surface area contributed by atoms with Crippen LogP contribution in [0.3, 0.4) is 0 Å².